The molecule has 0 aromatic heterocycles. The molecule has 1 aliphatic rings. The van der Waals surface area contributed by atoms with Crippen molar-refractivity contribution in [3.05, 3.63) is 83.4 Å². The summed E-state index contributed by atoms with van der Waals surface area (Å²) < 4.78 is 22.8. The van der Waals surface area contributed by atoms with Crippen LogP contribution in [0, 0.1) is 0 Å². The van der Waals surface area contributed by atoms with Gasteiger partial charge in [-0.3, -0.25) is 0 Å². The van der Waals surface area contributed by atoms with E-state index in [2.05, 4.69) is 29.6 Å². The standard InChI is InChI=1S/C24H25NO4/c1-2-26-22-10-6-9-20(24(22)27-16-18-7-4-3-5-8-18)15-25-14-19-11-12-21-23(13-19)29-17-28-21/h3-13,25H,2,14-17H2,1H3/p+1. The van der Waals surface area contributed by atoms with Crippen molar-refractivity contribution < 1.29 is 24.3 Å². The Hall–Kier alpha value is -3.18. The van der Waals surface area contributed by atoms with Crippen molar-refractivity contribution in [2.24, 2.45) is 0 Å². The first-order valence-corrected chi connectivity index (χ1v) is 9.95. The first-order valence-electron chi connectivity index (χ1n) is 9.95. The summed E-state index contributed by atoms with van der Waals surface area (Å²) in [5.41, 5.74) is 3.45. The predicted octanol–water partition coefficient (Wildman–Crippen LogP) is 3.66. The summed E-state index contributed by atoms with van der Waals surface area (Å²) in [6.07, 6.45) is 0. The first-order chi connectivity index (χ1) is 14.3. The largest absolute Gasteiger partial charge is 0.490 e. The Kier molecular flexibility index (Phi) is 6.17. The van der Waals surface area contributed by atoms with Crippen LogP contribution in [0.5, 0.6) is 23.0 Å². The molecular formula is C24H26NO4+. The summed E-state index contributed by atoms with van der Waals surface area (Å²) in [6.45, 7) is 5.04. The minimum absolute atomic E-state index is 0.300. The van der Waals surface area contributed by atoms with E-state index in [1.165, 1.54) is 5.56 Å². The lowest BCUT2D eigenvalue weighted by Crippen LogP contribution is -2.80. The molecule has 3 aromatic carbocycles. The monoisotopic (exact) mass is 392 g/mol. The van der Waals surface area contributed by atoms with Gasteiger partial charge in [0.25, 0.3) is 0 Å². The molecule has 5 nitrogen and oxygen atoms in total. The van der Waals surface area contributed by atoms with Crippen LogP contribution in [0.25, 0.3) is 0 Å². The third-order valence-corrected chi connectivity index (χ3v) is 4.77. The highest BCUT2D eigenvalue weighted by Gasteiger charge is 2.15. The molecule has 1 aliphatic heterocycles. The summed E-state index contributed by atoms with van der Waals surface area (Å²) in [5, 5.41) is 2.25. The molecule has 0 saturated heterocycles. The van der Waals surface area contributed by atoms with E-state index in [0.717, 1.165) is 47.2 Å². The zero-order valence-electron chi connectivity index (χ0n) is 16.6. The number of ether oxygens (including phenoxy) is 4. The zero-order valence-corrected chi connectivity index (χ0v) is 16.6. The van der Waals surface area contributed by atoms with Crippen LogP contribution in [0.4, 0.5) is 0 Å². The molecule has 150 valence electrons. The number of benzene rings is 3. The third-order valence-electron chi connectivity index (χ3n) is 4.77. The molecule has 2 N–H and O–H groups in total. The summed E-state index contributed by atoms with van der Waals surface area (Å²) >= 11 is 0. The Morgan fingerprint density at radius 2 is 1.69 bits per heavy atom. The molecule has 0 bridgehead atoms. The Labute approximate surface area is 171 Å². The summed E-state index contributed by atoms with van der Waals surface area (Å²) in [7, 11) is 0. The van der Waals surface area contributed by atoms with Crippen molar-refractivity contribution in [3.8, 4) is 23.0 Å². The van der Waals surface area contributed by atoms with E-state index in [-0.39, 0.29) is 0 Å². The topological polar surface area (TPSA) is 53.5 Å². The molecule has 0 unspecified atom stereocenters. The van der Waals surface area contributed by atoms with Gasteiger partial charge >= 0.3 is 0 Å². The van der Waals surface area contributed by atoms with E-state index in [4.69, 9.17) is 18.9 Å². The van der Waals surface area contributed by atoms with E-state index >= 15 is 0 Å². The van der Waals surface area contributed by atoms with Gasteiger partial charge in [0.1, 0.15) is 19.7 Å². The highest BCUT2D eigenvalue weighted by molar-refractivity contribution is 5.46. The van der Waals surface area contributed by atoms with Crippen molar-refractivity contribution in [2.75, 3.05) is 13.4 Å². The second-order valence-corrected chi connectivity index (χ2v) is 6.84. The average Bonchev–Trinajstić information content (AvgIpc) is 3.22. The fourth-order valence-corrected chi connectivity index (χ4v) is 3.35. The smallest absolute Gasteiger partial charge is 0.231 e. The fraction of sp³-hybridized carbons (Fsp3) is 0.250. The number of rotatable bonds is 9. The molecule has 1 heterocycles. The van der Waals surface area contributed by atoms with Gasteiger partial charge in [0, 0.05) is 5.56 Å². The van der Waals surface area contributed by atoms with Crippen molar-refractivity contribution in [1.82, 2.24) is 0 Å². The number of quaternary nitrogens is 1. The highest BCUT2D eigenvalue weighted by atomic mass is 16.7. The summed E-state index contributed by atoms with van der Waals surface area (Å²) in [5.74, 6) is 3.24. The summed E-state index contributed by atoms with van der Waals surface area (Å²) in [6, 6.07) is 22.3. The SMILES string of the molecule is CCOc1cccc(C[NH2+]Cc2ccc3c(c2)OCO3)c1OCc1ccccc1. The molecule has 5 heteroatoms. The molecule has 29 heavy (non-hydrogen) atoms. The molecule has 3 aromatic rings. The summed E-state index contributed by atoms with van der Waals surface area (Å²) in [4.78, 5) is 0. The number of nitrogens with two attached hydrogens (primary N) is 1. The Morgan fingerprint density at radius 3 is 2.55 bits per heavy atom. The maximum absolute atomic E-state index is 6.19. The van der Waals surface area contributed by atoms with E-state index in [0.29, 0.717) is 20.0 Å². The van der Waals surface area contributed by atoms with Crippen molar-refractivity contribution >= 4 is 0 Å². The van der Waals surface area contributed by atoms with Gasteiger partial charge in [0.15, 0.2) is 23.0 Å². The second kappa shape index (κ2) is 9.34. The molecule has 0 aliphatic carbocycles. The van der Waals surface area contributed by atoms with E-state index in [1.54, 1.807) is 0 Å². The number of hydrogen-bond acceptors (Lipinski definition) is 4. The lowest BCUT2D eigenvalue weighted by atomic mass is 10.1. The lowest BCUT2D eigenvalue weighted by Gasteiger charge is -2.15. The van der Waals surface area contributed by atoms with Gasteiger partial charge in [-0.2, -0.15) is 0 Å². The minimum Gasteiger partial charge on any atom is -0.490 e. The van der Waals surface area contributed by atoms with Crippen LogP contribution >= 0.6 is 0 Å². The number of hydrogen-bond donors (Lipinski definition) is 1. The predicted molar refractivity (Wildman–Crippen MR) is 110 cm³/mol. The molecule has 0 saturated carbocycles. The van der Waals surface area contributed by atoms with Crippen molar-refractivity contribution in [1.29, 1.82) is 0 Å². The molecular weight excluding hydrogens is 366 g/mol. The highest BCUT2D eigenvalue weighted by Crippen LogP contribution is 2.33. The lowest BCUT2D eigenvalue weighted by molar-refractivity contribution is -0.686. The zero-order chi connectivity index (χ0) is 19.9. The van der Waals surface area contributed by atoms with Crippen LogP contribution in [-0.4, -0.2) is 13.4 Å². The molecule has 0 atom stereocenters. The normalized spacial score (nSPS) is 12.0. The first kappa shape index (κ1) is 19.2. The number of para-hydroxylation sites is 1. The van der Waals surface area contributed by atoms with Crippen LogP contribution in [0.3, 0.4) is 0 Å². The minimum atomic E-state index is 0.300. The van der Waals surface area contributed by atoms with Gasteiger partial charge in [-0.05, 0) is 42.8 Å². The quantitative estimate of drug-likeness (QED) is 0.604. The van der Waals surface area contributed by atoms with Crippen molar-refractivity contribution in [2.45, 2.75) is 26.6 Å². The molecule has 4 rings (SSSR count). The van der Waals surface area contributed by atoms with Gasteiger partial charge in [0.2, 0.25) is 6.79 Å². The van der Waals surface area contributed by atoms with Gasteiger partial charge in [0.05, 0.1) is 12.2 Å². The van der Waals surface area contributed by atoms with Gasteiger partial charge in [-0.25, -0.2) is 0 Å². The van der Waals surface area contributed by atoms with Gasteiger partial charge in [-0.1, -0.05) is 36.4 Å². The number of fused-ring (bicyclic) bond motifs is 1. The maximum atomic E-state index is 6.19. The van der Waals surface area contributed by atoms with Crippen LogP contribution in [0.15, 0.2) is 66.7 Å². The van der Waals surface area contributed by atoms with E-state index in [1.807, 2.05) is 49.4 Å². The van der Waals surface area contributed by atoms with E-state index < -0.39 is 0 Å². The molecule has 0 spiro atoms. The van der Waals surface area contributed by atoms with Crippen LogP contribution in [0.2, 0.25) is 0 Å². The van der Waals surface area contributed by atoms with Crippen molar-refractivity contribution in [3.63, 3.8) is 0 Å². The Bertz CT molecular complexity index is 943. The van der Waals surface area contributed by atoms with Crippen LogP contribution < -0.4 is 24.3 Å². The molecule has 0 fully saturated rings. The van der Waals surface area contributed by atoms with Crippen LogP contribution in [0.1, 0.15) is 23.6 Å². The molecule has 0 amide bonds. The van der Waals surface area contributed by atoms with Gasteiger partial charge < -0.3 is 24.3 Å². The van der Waals surface area contributed by atoms with E-state index in [9.17, 15) is 0 Å². The maximum Gasteiger partial charge on any atom is 0.231 e. The second-order valence-electron chi connectivity index (χ2n) is 6.84. The Morgan fingerprint density at radius 1 is 0.828 bits per heavy atom. The fourth-order valence-electron chi connectivity index (χ4n) is 3.35. The van der Waals surface area contributed by atoms with Gasteiger partial charge in [-0.15, -0.1) is 0 Å². The average molecular weight is 392 g/mol. The molecule has 0 radical (unpaired) electrons. The van der Waals surface area contributed by atoms with Crippen LogP contribution in [-0.2, 0) is 19.7 Å². The Balaban J connectivity index is 1.43. The third kappa shape index (κ3) is 4.81.